The van der Waals surface area contributed by atoms with Crippen molar-refractivity contribution in [2.75, 3.05) is 13.7 Å². The van der Waals surface area contributed by atoms with E-state index in [9.17, 15) is 9.59 Å². The zero-order valence-corrected chi connectivity index (χ0v) is 41.3. The quantitative estimate of drug-likeness (QED) is 0.0483. The molecule has 0 aromatic heterocycles. The van der Waals surface area contributed by atoms with E-state index in [1.165, 1.54) is 14.0 Å². The number of hydrogen-bond acceptors (Lipinski definition) is 13. The van der Waals surface area contributed by atoms with Gasteiger partial charge in [0.15, 0.2) is 24.5 Å². The molecular formula is C55H78O13. The van der Waals surface area contributed by atoms with Crippen LogP contribution in [0.5, 0.6) is 0 Å². The van der Waals surface area contributed by atoms with Gasteiger partial charge in [-0.2, -0.15) is 0 Å². The van der Waals surface area contributed by atoms with Crippen LogP contribution in [0.15, 0.2) is 91.0 Å². The maximum atomic E-state index is 13.2. The molecule has 11 atom stereocenters. The summed E-state index contributed by atoms with van der Waals surface area (Å²) in [7, 11) is 1.44. The van der Waals surface area contributed by atoms with Crippen LogP contribution < -0.4 is 0 Å². The van der Waals surface area contributed by atoms with Crippen molar-refractivity contribution in [3.63, 3.8) is 0 Å². The zero-order valence-electron chi connectivity index (χ0n) is 41.3. The zero-order chi connectivity index (χ0) is 48.1. The van der Waals surface area contributed by atoms with Gasteiger partial charge in [-0.05, 0) is 56.7 Å². The molecule has 376 valence electrons. The van der Waals surface area contributed by atoms with Gasteiger partial charge in [0.25, 0.3) is 0 Å². The van der Waals surface area contributed by atoms with Gasteiger partial charge in [-0.15, -0.1) is 0 Å². The van der Waals surface area contributed by atoms with Crippen LogP contribution >= 0.6 is 0 Å². The Kier molecular flexibility index (Phi) is 22.2. The van der Waals surface area contributed by atoms with Gasteiger partial charge in [0.1, 0.15) is 36.6 Å². The van der Waals surface area contributed by atoms with Crippen molar-refractivity contribution in [1.29, 1.82) is 0 Å². The van der Waals surface area contributed by atoms with E-state index >= 15 is 0 Å². The number of fused-ring (bicyclic) bond motifs is 1. The summed E-state index contributed by atoms with van der Waals surface area (Å²) in [5.41, 5.74) is 2.90. The lowest BCUT2D eigenvalue weighted by atomic mass is 9.96. The van der Waals surface area contributed by atoms with Gasteiger partial charge in [-0.3, -0.25) is 9.59 Å². The van der Waals surface area contributed by atoms with Gasteiger partial charge >= 0.3 is 11.9 Å². The molecule has 3 aromatic carbocycles. The van der Waals surface area contributed by atoms with Gasteiger partial charge < -0.3 is 52.1 Å². The van der Waals surface area contributed by atoms with E-state index in [4.69, 9.17) is 52.1 Å². The molecule has 3 saturated heterocycles. The van der Waals surface area contributed by atoms with Crippen LogP contribution in [-0.4, -0.2) is 99.0 Å². The van der Waals surface area contributed by atoms with Crippen molar-refractivity contribution in [3.8, 4) is 0 Å². The first-order chi connectivity index (χ1) is 33.0. The first-order valence-corrected chi connectivity index (χ1v) is 25.2. The van der Waals surface area contributed by atoms with Crippen LogP contribution in [0.2, 0.25) is 0 Å². The number of benzene rings is 3. The van der Waals surface area contributed by atoms with Gasteiger partial charge in [-0.25, -0.2) is 0 Å². The summed E-state index contributed by atoms with van der Waals surface area (Å²) in [6.07, 6.45) is 4.76. The fourth-order valence-corrected chi connectivity index (χ4v) is 9.31. The predicted octanol–water partition coefficient (Wildman–Crippen LogP) is 10.3. The van der Waals surface area contributed by atoms with Crippen LogP contribution in [0.1, 0.15) is 135 Å². The molecule has 13 heteroatoms. The van der Waals surface area contributed by atoms with E-state index in [1.807, 2.05) is 112 Å². The Balaban J connectivity index is 1.27. The average Bonchev–Trinajstić information content (AvgIpc) is 3.68. The first kappa shape index (κ1) is 53.6. The molecule has 3 aromatic rings. The molecule has 0 aliphatic carbocycles. The van der Waals surface area contributed by atoms with E-state index in [0.29, 0.717) is 13.0 Å². The third-order valence-electron chi connectivity index (χ3n) is 12.8. The molecule has 0 saturated carbocycles. The molecule has 0 spiro atoms. The van der Waals surface area contributed by atoms with Gasteiger partial charge in [0, 0.05) is 13.3 Å². The van der Waals surface area contributed by atoms with Crippen molar-refractivity contribution >= 4 is 11.9 Å². The predicted molar refractivity (Wildman–Crippen MR) is 256 cm³/mol. The normalized spacial score (nSPS) is 27.0. The van der Waals surface area contributed by atoms with Crippen molar-refractivity contribution in [2.24, 2.45) is 0 Å². The molecule has 3 fully saturated rings. The van der Waals surface area contributed by atoms with Crippen molar-refractivity contribution < 1.29 is 61.7 Å². The lowest BCUT2D eigenvalue weighted by Crippen LogP contribution is -2.65. The van der Waals surface area contributed by atoms with Gasteiger partial charge in [0.2, 0.25) is 0 Å². The van der Waals surface area contributed by atoms with Crippen molar-refractivity contribution in [3.05, 3.63) is 108 Å². The highest BCUT2D eigenvalue weighted by molar-refractivity contribution is 5.69. The van der Waals surface area contributed by atoms with E-state index in [1.54, 1.807) is 0 Å². The Morgan fingerprint density at radius 3 is 1.76 bits per heavy atom. The minimum Gasteiger partial charge on any atom is -0.469 e. The summed E-state index contributed by atoms with van der Waals surface area (Å²) in [4.78, 5) is 24.7. The number of carbonyl (C=O) groups is 2. The van der Waals surface area contributed by atoms with Crippen LogP contribution in [0.3, 0.4) is 0 Å². The van der Waals surface area contributed by atoms with E-state index in [-0.39, 0.29) is 38.0 Å². The van der Waals surface area contributed by atoms with Crippen LogP contribution in [0.4, 0.5) is 0 Å². The third kappa shape index (κ3) is 17.0. The summed E-state index contributed by atoms with van der Waals surface area (Å²) in [6, 6.07) is 29.7. The number of methoxy groups -OCH3 is 1. The van der Waals surface area contributed by atoms with Crippen LogP contribution in [-0.2, 0) is 81.5 Å². The Morgan fingerprint density at radius 2 is 1.18 bits per heavy atom. The molecule has 6 rings (SSSR count). The van der Waals surface area contributed by atoms with Crippen molar-refractivity contribution in [1.82, 2.24) is 0 Å². The summed E-state index contributed by atoms with van der Waals surface area (Å²) < 4.78 is 72.1. The number of rotatable bonds is 29. The Bertz CT molecular complexity index is 1870. The summed E-state index contributed by atoms with van der Waals surface area (Å²) in [6.45, 7) is 10.2. The highest BCUT2D eigenvalue weighted by Gasteiger charge is 2.58. The number of hydrogen-bond donors (Lipinski definition) is 0. The molecule has 13 nitrogen and oxygen atoms in total. The Hall–Kier alpha value is -3.76. The largest absolute Gasteiger partial charge is 0.469 e. The molecule has 0 N–H and O–H groups in total. The summed E-state index contributed by atoms with van der Waals surface area (Å²) in [5.74, 6) is -1.61. The fourth-order valence-electron chi connectivity index (χ4n) is 9.31. The topological polar surface area (TPSA) is 136 Å². The number of unbranched alkanes of at least 4 members (excludes halogenated alkanes) is 8. The minimum absolute atomic E-state index is 0.106. The second kappa shape index (κ2) is 28.2. The second-order valence-electron chi connectivity index (χ2n) is 18.9. The third-order valence-corrected chi connectivity index (χ3v) is 12.8. The van der Waals surface area contributed by atoms with Gasteiger partial charge in [0.05, 0.1) is 45.7 Å². The number of carbonyl (C=O) groups excluding carboxylic acids is 2. The SMILES string of the molecule is CCCCC[C@@H](CCCCCCCCCC(=O)OC)O[C@@H]1O[C@H](C)[C@@H]2OC(C)(C)O[C@@H]2[C@H]1O[C@@H]1O[C@H](COCc2ccccc2)[C@@H](OCc2ccccc2)[C@H](OCc2ccccc2)[C@H]1OC(C)=O. The molecule has 0 radical (unpaired) electrons. The Morgan fingerprint density at radius 1 is 0.632 bits per heavy atom. The molecule has 3 heterocycles. The molecule has 3 aliphatic rings. The maximum Gasteiger partial charge on any atom is 0.305 e. The second-order valence-corrected chi connectivity index (χ2v) is 18.9. The lowest BCUT2D eigenvalue weighted by Gasteiger charge is -2.48. The molecule has 0 amide bonds. The number of ether oxygens (including phenoxy) is 11. The maximum absolute atomic E-state index is 13.2. The van der Waals surface area contributed by atoms with Crippen LogP contribution in [0, 0.1) is 0 Å². The fraction of sp³-hybridized carbons (Fsp3) is 0.636. The van der Waals surface area contributed by atoms with E-state index < -0.39 is 67.1 Å². The minimum atomic E-state index is -1.19. The van der Waals surface area contributed by atoms with E-state index in [0.717, 1.165) is 93.7 Å². The molecular weight excluding hydrogens is 869 g/mol. The number of esters is 2. The smallest absolute Gasteiger partial charge is 0.305 e. The lowest BCUT2D eigenvalue weighted by molar-refractivity contribution is -0.368. The standard InChI is InChI=1S/C55H78O13/c1-7-8-17-32-44(33-24-12-10-9-11-13-25-34-46(57)58-6)64-53-52(50-47(39(2)62-53)67-55(4,5)68-50)66-54-51(63-40(3)56)49(61-37-43-30-22-16-23-31-43)48(60-36-42-28-20-15-21-29-42)45(65-54)38-59-35-41-26-18-14-19-27-41/h14-16,18-23,26-31,39,44-45,47-54H,7-13,17,24-25,32-38H2,1-6H3/t39-,44+,45-,47+,48-,49+,50+,51-,52-,53+,54+/m1/s1. The average molecular weight is 947 g/mol. The van der Waals surface area contributed by atoms with Gasteiger partial charge in [-0.1, -0.05) is 156 Å². The summed E-state index contributed by atoms with van der Waals surface area (Å²) >= 11 is 0. The Labute approximate surface area is 405 Å². The highest BCUT2D eigenvalue weighted by atomic mass is 16.8. The van der Waals surface area contributed by atoms with E-state index in [2.05, 4.69) is 6.92 Å². The van der Waals surface area contributed by atoms with Crippen molar-refractivity contribution in [2.45, 2.75) is 211 Å². The molecule has 68 heavy (non-hydrogen) atoms. The first-order valence-electron chi connectivity index (χ1n) is 25.2. The molecule has 0 bridgehead atoms. The highest BCUT2D eigenvalue weighted by Crippen LogP contribution is 2.42. The van der Waals surface area contributed by atoms with Crippen LogP contribution in [0.25, 0.3) is 0 Å². The molecule has 0 unspecified atom stereocenters. The monoisotopic (exact) mass is 947 g/mol. The summed E-state index contributed by atoms with van der Waals surface area (Å²) in [5, 5.41) is 0. The molecule has 3 aliphatic heterocycles.